The van der Waals surface area contributed by atoms with Crippen LogP contribution in [0.25, 0.3) is 0 Å². The number of hydrogen-bond acceptors (Lipinski definition) is 3. The monoisotopic (exact) mass is 247 g/mol. The zero-order valence-electron chi connectivity index (χ0n) is 10.6. The van der Waals surface area contributed by atoms with E-state index in [1.807, 2.05) is 6.92 Å². The number of carbonyl (C=O) groups is 1. The smallest absolute Gasteiger partial charge is 0.258 e. The molecule has 0 fully saturated rings. The van der Waals surface area contributed by atoms with Crippen LogP contribution in [0.4, 0.5) is 0 Å². The van der Waals surface area contributed by atoms with Crippen molar-refractivity contribution in [3.05, 3.63) is 23.8 Å². The van der Waals surface area contributed by atoms with Gasteiger partial charge >= 0.3 is 0 Å². The number of amides is 1. The number of nitrogens with zero attached hydrogens (tertiary/aromatic N) is 1. The molecule has 4 heteroatoms. The molecular weight excluding hydrogens is 230 g/mol. The minimum Gasteiger partial charge on any atom is -0.507 e. The van der Waals surface area contributed by atoms with E-state index in [9.17, 15) is 9.90 Å². The Morgan fingerprint density at radius 1 is 1.56 bits per heavy atom. The highest BCUT2D eigenvalue weighted by atomic mass is 16.5. The summed E-state index contributed by atoms with van der Waals surface area (Å²) in [5, 5.41) is 9.80. The van der Waals surface area contributed by atoms with Crippen molar-refractivity contribution in [3.63, 3.8) is 0 Å². The molecule has 4 nitrogen and oxygen atoms in total. The van der Waals surface area contributed by atoms with Crippen LogP contribution in [-0.4, -0.2) is 36.1 Å². The van der Waals surface area contributed by atoms with Gasteiger partial charge in [0.25, 0.3) is 5.91 Å². The fraction of sp³-hybridized carbons (Fsp3) is 0.357. The largest absolute Gasteiger partial charge is 0.507 e. The number of benzene rings is 1. The second-order valence-corrected chi connectivity index (χ2v) is 3.81. The summed E-state index contributed by atoms with van der Waals surface area (Å²) in [6, 6.07) is 4.58. The summed E-state index contributed by atoms with van der Waals surface area (Å²) in [5.41, 5.74) is 0.236. The number of terminal acetylenes is 1. The van der Waals surface area contributed by atoms with E-state index in [4.69, 9.17) is 11.2 Å². The van der Waals surface area contributed by atoms with Crippen LogP contribution in [0.5, 0.6) is 11.5 Å². The molecule has 1 aromatic rings. The normalized spacial score (nSPS) is 9.61. The molecule has 0 aromatic heterocycles. The standard InChI is InChI=1S/C14H17NO3/c1-4-8-15(9-5-2)14(17)12-7-6-11(18-3)10-13(12)16/h1,6-7,10,16H,5,8-9H2,2-3H3. The quantitative estimate of drug-likeness (QED) is 0.808. The molecule has 0 radical (unpaired) electrons. The zero-order valence-corrected chi connectivity index (χ0v) is 10.6. The lowest BCUT2D eigenvalue weighted by Gasteiger charge is -2.20. The first-order valence-electron chi connectivity index (χ1n) is 5.73. The van der Waals surface area contributed by atoms with E-state index in [0.29, 0.717) is 12.3 Å². The lowest BCUT2D eigenvalue weighted by Crippen LogP contribution is -2.32. The molecule has 1 aromatic carbocycles. The molecule has 1 N–H and O–H groups in total. The van der Waals surface area contributed by atoms with Gasteiger partial charge in [-0.05, 0) is 18.6 Å². The Balaban J connectivity index is 2.98. The first-order valence-corrected chi connectivity index (χ1v) is 5.73. The highest BCUT2D eigenvalue weighted by molar-refractivity contribution is 5.97. The molecule has 0 heterocycles. The minimum absolute atomic E-state index is 0.0996. The van der Waals surface area contributed by atoms with Gasteiger partial charge in [0, 0.05) is 12.6 Å². The number of hydrogen-bond donors (Lipinski definition) is 1. The molecule has 0 aliphatic carbocycles. The SMILES string of the molecule is C#CCN(CCC)C(=O)c1ccc(OC)cc1O. The van der Waals surface area contributed by atoms with Crippen LogP contribution >= 0.6 is 0 Å². The van der Waals surface area contributed by atoms with Gasteiger partial charge in [-0.2, -0.15) is 0 Å². The molecule has 0 bridgehead atoms. The maximum absolute atomic E-state index is 12.2. The highest BCUT2D eigenvalue weighted by Crippen LogP contribution is 2.24. The van der Waals surface area contributed by atoms with Crippen LogP contribution in [-0.2, 0) is 0 Å². The molecule has 0 aliphatic rings. The van der Waals surface area contributed by atoms with Gasteiger partial charge in [-0.1, -0.05) is 12.8 Å². The van der Waals surface area contributed by atoms with Crippen molar-refractivity contribution in [3.8, 4) is 23.8 Å². The van der Waals surface area contributed by atoms with E-state index < -0.39 is 0 Å². The van der Waals surface area contributed by atoms with E-state index in [-0.39, 0.29) is 23.8 Å². The molecule has 0 aliphatic heterocycles. The summed E-state index contributed by atoms with van der Waals surface area (Å²) < 4.78 is 4.97. The molecule has 1 rings (SSSR count). The fourth-order valence-corrected chi connectivity index (χ4v) is 1.62. The zero-order chi connectivity index (χ0) is 13.5. The Bertz CT molecular complexity index is 463. The summed E-state index contributed by atoms with van der Waals surface area (Å²) in [5.74, 6) is 2.58. The number of carbonyl (C=O) groups excluding carboxylic acids is 1. The maximum Gasteiger partial charge on any atom is 0.258 e. The minimum atomic E-state index is -0.269. The van der Waals surface area contributed by atoms with Gasteiger partial charge < -0.3 is 14.7 Å². The van der Waals surface area contributed by atoms with Crippen molar-refractivity contribution in [2.75, 3.05) is 20.2 Å². The summed E-state index contributed by atoms with van der Waals surface area (Å²) in [7, 11) is 1.50. The summed E-state index contributed by atoms with van der Waals surface area (Å²) in [6.45, 7) is 2.76. The van der Waals surface area contributed by atoms with Gasteiger partial charge in [0.2, 0.25) is 0 Å². The van der Waals surface area contributed by atoms with Crippen molar-refractivity contribution in [2.24, 2.45) is 0 Å². The maximum atomic E-state index is 12.2. The first-order chi connectivity index (χ1) is 8.63. The molecule has 0 unspecified atom stereocenters. The van der Waals surface area contributed by atoms with Gasteiger partial charge in [-0.15, -0.1) is 6.42 Å². The second-order valence-electron chi connectivity index (χ2n) is 3.81. The van der Waals surface area contributed by atoms with Crippen LogP contribution < -0.4 is 4.74 Å². The van der Waals surface area contributed by atoms with E-state index >= 15 is 0 Å². The Morgan fingerprint density at radius 2 is 2.28 bits per heavy atom. The predicted molar refractivity (Wildman–Crippen MR) is 69.7 cm³/mol. The van der Waals surface area contributed by atoms with Crippen LogP contribution in [0.15, 0.2) is 18.2 Å². The third-order valence-electron chi connectivity index (χ3n) is 2.50. The van der Waals surface area contributed by atoms with Gasteiger partial charge in [-0.25, -0.2) is 0 Å². The predicted octanol–water partition coefficient (Wildman–Crippen LogP) is 1.89. The molecule has 0 spiro atoms. The van der Waals surface area contributed by atoms with Crippen molar-refractivity contribution >= 4 is 5.91 Å². The van der Waals surface area contributed by atoms with E-state index in [1.54, 1.807) is 6.07 Å². The first kappa shape index (κ1) is 13.9. The van der Waals surface area contributed by atoms with Crippen LogP contribution in [0, 0.1) is 12.3 Å². The summed E-state index contributed by atoms with van der Waals surface area (Å²) >= 11 is 0. The Kier molecular flexibility index (Phi) is 5.06. The Hall–Kier alpha value is -2.15. The molecule has 0 saturated carbocycles. The average molecular weight is 247 g/mol. The average Bonchev–Trinajstić information content (AvgIpc) is 2.37. The van der Waals surface area contributed by atoms with Crippen LogP contribution in [0.1, 0.15) is 23.7 Å². The van der Waals surface area contributed by atoms with Gasteiger partial charge in [-0.3, -0.25) is 4.79 Å². The molecule has 96 valence electrons. The molecule has 18 heavy (non-hydrogen) atoms. The van der Waals surface area contributed by atoms with Crippen LogP contribution in [0.2, 0.25) is 0 Å². The third-order valence-corrected chi connectivity index (χ3v) is 2.50. The van der Waals surface area contributed by atoms with E-state index in [2.05, 4.69) is 5.92 Å². The van der Waals surface area contributed by atoms with Gasteiger partial charge in [0.15, 0.2) is 0 Å². The third kappa shape index (κ3) is 3.17. The number of aromatic hydroxyl groups is 1. The fourth-order valence-electron chi connectivity index (χ4n) is 1.62. The number of ether oxygens (including phenoxy) is 1. The van der Waals surface area contributed by atoms with Crippen molar-refractivity contribution < 1.29 is 14.6 Å². The summed E-state index contributed by atoms with van der Waals surface area (Å²) in [6.07, 6.45) is 6.04. The molecule has 1 amide bonds. The lowest BCUT2D eigenvalue weighted by molar-refractivity contribution is 0.0774. The van der Waals surface area contributed by atoms with Crippen LogP contribution in [0.3, 0.4) is 0 Å². The van der Waals surface area contributed by atoms with Crippen molar-refractivity contribution in [2.45, 2.75) is 13.3 Å². The number of methoxy groups -OCH3 is 1. The topological polar surface area (TPSA) is 49.8 Å². The Morgan fingerprint density at radius 3 is 2.78 bits per heavy atom. The number of phenols is 1. The summed E-state index contributed by atoms with van der Waals surface area (Å²) in [4.78, 5) is 13.7. The van der Waals surface area contributed by atoms with Crippen molar-refractivity contribution in [1.29, 1.82) is 0 Å². The van der Waals surface area contributed by atoms with Crippen molar-refractivity contribution in [1.82, 2.24) is 4.90 Å². The molecular formula is C14H17NO3. The van der Waals surface area contributed by atoms with E-state index in [0.717, 1.165) is 6.42 Å². The molecule has 0 atom stereocenters. The number of rotatable bonds is 5. The lowest BCUT2D eigenvalue weighted by atomic mass is 10.1. The Labute approximate surface area is 107 Å². The second kappa shape index (κ2) is 6.55. The molecule has 0 saturated heterocycles. The van der Waals surface area contributed by atoms with Gasteiger partial charge in [0.05, 0.1) is 19.2 Å². The van der Waals surface area contributed by atoms with Gasteiger partial charge in [0.1, 0.15) is 11.5 Å². The number of phenolic OH excluding ortho intramolecular Hbond substituents is 1. The van der Waals surface area contributed by atoms with E-state index in [1.165, 1.54) is 24.1 Å². The highest BCUT2D eigenvalue weighted by Gasteiger charge is 2.17.